The normalized spacial score (nSPS) is 10.2. The largest absolute Gasteiger partial charge is 0.495 e. The molecule has 0 spiro atoms. The first kappa shape index (κ1) is 15.6. The van der Waals surface area contributed by atoms with Crippen LogP contribution < -0.4 is 10.1 Å². The molecule has 0 radical (unpaired) electrons. The smallest absolute Gasteiger partial charge is 0.274 e. The van der Waals surface area contributed by atoms with E-state index in [4.69, 9.17) is 16.3 Å². The number of halogens is 2. The first-order valence-electron chi connectivity index (χ1n) is 6.01. The van der Waals surface area contributed by atoms with Crippen LogP contribution in [0.15, 0.2) is 40.9 Å². The van der Waals surface area contributed by atoms with Crippen LogP contribution in [0.2, 0.25) is 5.02 Å². The summed E-state index contributed by atoms with van der Waals surface area (Å²) in [4.78, 5) is 10.6. The minimum Gasteiger partial charge on any atom is -0.495 e. The molecule has 0 saturated carbocycles. The molecule has 5 nitrogen and oxygen atoms in total. The Balaban J connectivity index is 2.26. The molecule has 2 aromatic carbocycles. The molecule has 0 aliphatic carbocycles. The van der Waals surface area contributed by atoms with E-state index < -0.39 is 4.92 Å². The summed E-state index contributed by atoms with van der Waals surface area (Å²) in [5, 5.41) is 14.7. The van der Waals surface area contributed by atoms with Crippen LogP contribution in [0.3, 0.4) is 0 Å². The SMILES string of the molecule is COc1ccc(Cl)cc1NCc1cc(Br)ccc1[N+](=O)[O-]. The van der Waals surface area contributed by atoms with Crippen LogP contribution in [-0.4, -0.2) is 12.0 Å². The zero-order chi connectivity index (χ0) is 15.4. The molecule has 2 rings (SSSR count). The number of nitro groups is 1. The molecule has 0 aliphatic rings. The highest BCUT2D eigenvalue weighted by Crippen LogP contribution is 2.29. The number of rotatable bonds is 5. The number of ether oxygens (including phenoxy) is 1. The lowest BCUT2D eigenvalue weighted by atomic mass is 10.1. The number of methoxy groups -OCH3 is 1. The molecule has 0 aromatic heterocycles. The van der Waals surface area contributed by atoms with Crippen molar-refractivity contribution in [1.82, 2.24) is 0 Å². The van der Waals surface area contributed by atoms with E-state index in [0.717, 1.165) is 4.47 Å². The van der Waals surface area contributed by atoms with Crippen molar-refractivity contribution in [3.63, 3.8) is 0 Å². The van der Waals surface area contributed by atoms with E-state index in [1.165, 1.54) is 6.07 Å². The zero-order valence-corrected chi connectivity index (χ0v) is 13.4. The summed E-state index contributed by atoms with van der Waals surface area (Å²) in [6.07, 6.45) is 0. The summed E-state index contributed by atoms with van der Waals surface area (Å²) in [5.74, 6) is 0.622. The van der Waals surface area contributed by atoms with E-state index in [9.17, 15) is 10.1 Å². The lowest BCUT2D eigenvalue weighted by molar-refractivity contribution is -0.385. The van der Waals surface area contributed by atoms with Gasteiger partial charge in [-0.25, -0.2) is 0 Å². The van der Waals surface area contributed by atoms with Crippen LogP contribution in [0.1, 0.15) is 5.56 Å². The topological polar surface area (TPSA) is 64.4 Å². The van der Waals surface area contributed by atoms with Gasteiger partial charge in [0.1, 0.15) is 5.75 Å². The Morgan fingerprint density at radius 1 is 1.33 bits per heavy atom. The second-order valence-corrected chi connectivity index (χ2v) is 5.58. The number of nitrogens with zero attached hydrogens (tertiary/aromatic N) is 1. The van der Waals surface area contributed by atoms with Crippen molar-refractivity contribution >= 4 is 38.9 Å². The molecule has 0 fully saturated rings. The summed E-state index contributed by atoms with van der Waals surface area (Å²) in [6.45, 7) is 0.284. The molecule has 0 amide bonds. The van der Waals surface area contributed by atoms with Gasteiger partial charge in [-0.15, -0.1) is 0 Å². The van der Waals surface area contributed by atoms with Gasteiger partial charge >= 0.3 is 0 Å². The number of hydrogen-bond donors (Lipinski definition) is 1. The van der Waals surface area contributed by atoms with Crippen LogP contribution in [-0.2, 0) is 6.54 Å². The van der Waals surface area contributed by atoms with Crippen molar-refractivity contribution in [2.45, 2.75) is 6.54 Å². The first-order valence-corrected chi connectivity index (χ1v) is 7.18. The second kappa shape index (κ2) is 6.78. The van der Waals surface area contributed by atoms with Crippen LogP contribution >= 0.6 is 27.5 Å². The third kappa shape index (κ3) is 3.86. The van der Waals surface area contributed by atoms with Gasteiger partial charge in [-0.1, -0.05) is 27.5 Å². The van der Waals surface area contributed by atoms with Crippen LogP contribution in [0.25, 0.3) is 0 Å². The van der Waals surface area contributed by atoms with Gasteiger partial charge in [-0.05, 0) is 30.3 Å². The molecule has 2 aromatic rings. The van der Waals surface area contributed by atoms with E-state index >= 15 is 0 Å². The van der Waals surface area contributed by atoms with E-state index in [0.29, 0.717) is 22.0 Å². The van der Waals surface area contributed by atoms with E-state index in [1.54, 1.807) is 37.4 Å². The first-order chi connectivity index (χ1) is 10.0. The second-order valence-electron chi connectivity index (χ2n) is 4.23. The number of anilines is 1. The Bertz CT molecular complexity index is 679. The van der Waals surface area contributed by atoms with Gasteiger partial charge in [0.05, 0.1) is 17.7 Å². The molecule has 110 valence electrons. The maximum absolute atomic E-state index is 11.0. The summed E-state index contributed by atoms with van der Waals surface area (Å²) >= 11 is 9.27. The minimum absolute atomic E-state index is 0.0618. The molecule has 0 atom stereocenters. The number of hydrogen-bond acceptors (Lipinski definition) is 4. The van der Waals surface area contributed by atoms with Crippen molar-refractivity contribution in [3.8, 4) is 5.75 Å². The predicted octanol–water partition coefficient (Wildman–Crippen LogP) is 4.63. The molecule has 21 heavy (non-hydrogen) atoms. The molecule has 0 bridgehead atoms. The quantitative estimate of drug-likeness (QED) is 0.614. The van der Waals surface area contributed by atoms with E-state index in [2.05, 4.69) is 21.2 Å². The Labute approximate surface area is 135 Å². The average molecular weight is 372 g/mol. The van der Waals surface area contributed by atoms with Gasteiger partial charge < -0.3 is 10.1 Å². The molecule has 0 unspecified atom stereocenters. The highest BCUT2D eigenvalue weighted by atomic mass is 79.9. The summed E-state index contributed by atoms with van der Waals surface area (Å²) in [7, 11) is 1.55. The van der Waals surface area contributed by atoms with Crippen LogP contribution in [0.5, 0.6) is 5.75 Å². The Hall–Kier alpha value is -1.79. The molecule has 0 saturated heterocycles. The monoisotopic (exact) mass is 370 g/mol. The van der Waals surface area contributed by atoms with Gasteiger partial charge in [-0.2, -0.15) is 0 Å². The minimum atomic E-state index is -0.404. The van der Waals surface area contributed by atoms with Gasteiger partial charge in [-0.3, -0.25) is 10.1 Å². The fourth-order valence-electron chi connectivity index (χ4n) is 1.88. The Kier molecular flexibility index (Phi) is 5.03. The number of nitrogens with one attached hydrogen (secondary N) is 1. The Morgan fingerprint density at radius 2 is 2.10 bits per heavy atom. The van der Waals surface area contributed by atoms with Gasteiger partial charge in [0.15, 0.2) is 0 Å². The fourth-order valence-corrected chi connectivity index (χ4v) is 2.46. The molecule has 1 N–H and O–H groups in total. The van der Waals surface area contributed by atoms with Crippen LogP contribution in [0, 0.1) is 10.1 Å². The van der Waals surface area contributed by atoms with Crippen molar-refractivity contribution in [3.05, 3.63) is 61.6 Å². The standard InChI is InChI=1S/C14H12BrClN2O3/c1-21-14-5-3-11(16)7-12(14)17-8-9-6-10(15)2-4-13(9)18(19)20/h2-7,17H,8H2,1H3. The predicted molar refractivity (Wildman–Crippen MR) is 86.1 cm³/mol. The maximum Gasteiger partial charge on any atom is 0.274 e. The van der Waals surface area contributed by atoms with Crippen molar-refractivity contribution in [2.75, 3.05) is 12.4 Å². The molecule has 0 heterocycles. The molecular weight excluding hydrogens is 360 g/mol. The van der Waals surface area contributed by atoms with Crippen molar-refractivity contribution in [1.29, 1.82) is 0 Å². The molecule has 0 aliphatic heterocycles. The van der Waals surface area contributed by atoms with Crippen molar-refractivity contribution in [2.24, 2.45) is 0 Å². The molecule has 7 heteroatoms. The summed E-state index contributed by atoms with van der Waals surface area (Å²) in [6, 6.07) is 9.98. The van der Waals surface area contributed by atoms with Gasteiger partial charge in [0.25, 0.3) is 5.69 Å². The van der Waals surface area contributed by atoms with Gasteiger partial charge in [0.2, 0.25) is 0 Å². The van der Waals surface area contributed by atoms with E-state index in [-0.39, 0.29) is 12.2 Å². The third-order valence-electron chi connectivity index (χ3n) is 2.87. The third-order valence-corrected chi connectivity index (χ3v) is 3.60. The summed E-state index contributed by atoms with van der Waals surface area (Å²) < 4.78 is 6.01. The zero-order valence-electron chi connectivity index (χ0n) is 11.1. The number of benzene rings is 2. The van der Waals surface area contributed by atoms with Crippen molar-refractivity contribution < 1.29 is 9.66 Å². The lowest BCUT2D eigenvalue weighted by Gasteiger charge is -2.12. The Morgan fingerprint density at radius 3 is 2.76 bits per heavy atom. The number of nitro benzene ring substituents is 1. The highest BCUT2D eigenvalue weighted by molar-refractivity contribution is 9.10. The summed E-state index contributed by atoms with van der Waals surface area (Å²) in [5.41, 5.74) is 1.31. The van der Waals surface area contributed by atoms with E-state index in [1.807, 2.05) is 0 Å². The highest BCUT2D eigenvalue weighted by Gasteiger charge is 2.14. The fraction of sp³-hybridized carbons (Fsp3) is 0.143. The lowest BCUT2D eigenvalue weighted by Crippen LogP contribution is -2.04. The maximum atomic E-state index is 11.0. The van der Waals surface area contributed by atoms with Gasteiger partial charge in [0, 0.05) is 27.7 Å². The molecular formula is C14H12BrClN2O3. The average Bonchev–Trinajstić information content (AvgIpc) is 2.45. The van der Waals surface area contributed by atoms with Crippen LogP contribution in [0.4, 0.5) is 11.4 Å².